The maximum Gasteiger partial charge on any atom is 0.358 e. The van der Waals surface area contributed by atoms with Gasteiger partial charge in [0.2, 0.25) is 0 Å². The normalized spacial score (nSPS) is 11.3. The van der Waals surface area contributed by atoms with Gasteiger partial charge >= 0.3 is 5.97 Å². The highest BCUT2D eigenvalue weighted by Crippen LogP contribution is 2.36. The average molecular weight is 315 g/mol. The van der Waals surface area contributed by atoms with Crippen LogP contribution in [0.25, 0.3) is 15.2 Å². The van der Waals surface area contributed by atoms with Crippen molar-refractivity contribution in [2.24, 2.45) is 0 Å². The Morgan fingerprint density at radius 2 is 2.16 bits per heavy atom. The summed E-state index contributed by atoms with van der Waals surface area (Å²) in [4.78, 5) is 16.5. The SMILES string of the molecule is CCOC(=O)c1cn2c(n1)sc1c(Cl)ccc(Cl)c12. The Morgan fingerprint density at radius 1 is 1.42 bits per heavy atom. The number of rotatable bonds is 2. The number of nitrogens with zero attached hydrogens (tertiary/aromatic N) is 2. The van der Waals surface area contributed by atoms with E-state index < -0.39 is 5.97 Å². The van der Waals surface area contributed by atoms with E-state index in [0.717, 1.165) is 10.2 Å². The summed E-state index contributed by atoms with van der Waals surface area (Å²) in [5.74, 6) is -0.440. The van der Waals surface area contributed by atoms with Crippen molar-refractivity contribution in [3.05, 3.63) is 34.1 Å². The third-order valence-electron chi connectivity index (χ3n) is 2.63. The molecule has 4 nitrogen and oxygen atoms in total. The minimum atomic E-state index is -0.440. The molecule has 0 atom stereocenters. The zero-order valence-corrected chi connectivity index (χ0v) is 12.1. The fourth-order valence-electron chi connectivity index (χ4n) is 1.83. The highest BCUT2D eigenvalue weighted by Gasteiger charge is 2.17. The summed E-state index contributed by atoms with van der Waals surface area (Å²) in [6.45, 7) is 2.07. The van der Waals surface area contributed by atoms with E-state index in [9.17, 15) is 4.79 Å². The maximum absolute atomic E-state index is 11.6. The molecule has 7 heteroatoms. The number of esters is 1. The van der Waals surface area contributed by atoms with Crippen molar-refractivity contribution in [3.8, 4) is 0 Å². The summed E-state index contributed by atoms with van der Waals surface area (Å²) in [6.07, 6.45) is 1.62. The number of imidazole rings is 1. The van der Waals surface area contributed by atoms with Crippen molar-refractivity contribution in [3.63, 3.8) is 0 Å². The monoisotopic (exact) mass is 314 g/mol. The van der Waals surface area contributed by atoms with Crippen LogP contribution in [0.5, 0.6) is 0 Å². The molecule has 0 N–H and O–H groups in total. The Labute approximate surface area is 122 Å². The van der Waals surface area contributed by atoms with E-state index in [1.807, 2.05) is 0 Å². The van der Waals surface area contributed by atoms with Crippen LogP contribution in [0.1, 0.15) is 17.4 Å². The van der Waals surface area contributed by atoms with Gasteiger partial charge in [0.05, 0.1) is 26.9 Å². The van der Waals surface area contributed by atoms with Crippen molar-refractivity contribution in [1.29, 1.82) is 0 Å². The van der Waals surface area contributed by atoms with Crippen LogP contribution in [0.3, 0.4) is 0 Å². The van der Waals surface area contributed by atoms with Crippen molar-refractivity contribution >= 4 is 55.7 Å². The minimum absolute atomic E-state index is 0.269. The van der Waals surface area contributed by atoms with Crippen molar-refractivity contribution in [2.75, 3.05) is 6.61 Å². The summed E-state index contributed by atoms with van der Waals surface area (Å²) in [5, 5.41) is 1.19. The molecule has 2 heterocycles. The number of carbonyl (C=O) groups is 1. The van der Waals surface area contributed by atoms with E-state index in [4.69, 9.17) is 27.9 Å². The molecule has 0 aliphatic carbocycles. The highest BCUT2D eigenvalue weighted by atomic mass is 35.5. The molecule has 0 amide bonds. The molecule has 0 unspecified atom stereocenters. The van der Waals surface area contributed by atoms with Crippen LogP contribution in [0.4, 0.5) is 0 Å². The van der Waals surface area contributed by atoms with Crippen LogP contribution in [0.2, 0.25) is 10.0 Å². The Bertz CT molecular complexity index is 794. The number of thiazole rings is 1. The first-order chi connectivity index (χ1) is 9.11. The van der Waals surface area contributed by atoms with Crippen molar-refractivity contribution in [2.45, 2.75) is 6.92 Å². The molecule has 2 aromatic heterocycles. The number of halogens is 2. The molecule has 3 rings (SSSR count). The van der Waals surface area contributed by atoms with Crippen LogP contribution >= 0.6 is 34.5 Å². The molecule has 0 bridgehead atoms. The summed E-state index contributed by atoms with van der Waals surface area (Å²) in [6, 6.07) is 3.47. The van der Waals surface area contributed by atoms with Crippen molar-refractivity contribution < 1.29 is 9.53 Å². The predicted molar refractivity (Wildman–Crippen MR) is 76.6 cm³/mol. The van der Waals surface area contributed by atoms with Gasteiger partial charge in [-0.2, -0.15) is 0 Å². The number of hydrogen-bond acceptors (Lipinski definition) is 4. The molecule has 1 aromatic carbocycles. The molecule has 0 saturated heterocycles. The van der Waals surface area contributed by atoms with E-state index in [2.05, 4.69) is 4.98 Å². The smallest absolute Gasteiger partial charge is 0.358 e. The number of carbonyl (C=O) groups excluding carboxylic acids is 1. The highest BCUT2D eigenvalue weighted by molar-refractivity contribution is 7.24. The van der Waals surface area contributed by atoms with Gasteiger partial charge in [0.25, 0.3) is 0 Å². The van der Waals surface area contributed by atoms with Crippen LogP contribution in [0, 0.1) is 0 Å². The largest absolute Gasteiger partial charge is 0.461 e. The van der Waals surface area contributed by atoms with E-state index >= 15 is 0 Å². The summed E-state index contributed by atoms with van der Waals surface area (Å²) >= 11 is 13.7. The number of hydrogen-bond donors (Lipinski definition) is 0. The lowest BCUT2D eigenvalue weighted by molar-refractivity contribution is 0.0520. The third-order valence-corrected chi connectivity index (χ3v) is 4.45. The first-order valence-electron chi connectivity index (χ1n) is 5.54. The Morgan fingerprint density at radius 3 is 2.89 bits per heavy atom. The third kappa shape index (κ3) is 1.98. The first kappa shape index (κ1) is 12.7. The molecule has 0 aliphatic heterocycles. The van der Waals surface area contributed by atoms with Crippen LogP contribution in [-0.4, -0.2) is 22.0 Å². The number of ether oxygens (including phenoxy) is 1. The van der Waals surface area contributed by atoms with Crippen molar-refractivity contribution in [1.82, 2.24) is 9.38 Å². The molecule has 0 spiro atoms. The lowest BCUT2D eigenvalue weighted by atomic mass is 10.3. The lowest BCUT2D eigenvalue weighted by Gasteiger charge is -1.98. The van der Waals surface area contributed by atoms with Gasteiger partial charge in [-0.1, -0.05) is 34.5 Å². The minimum Gasteiger partial charge on any atom is -0.461 e. The average Bonchev–Trinajstić information content (AvgIpc) is 2.91. The van der Waals surface area contributed by atoms with Crippen LogP contribution < -0.4 is 0 Å². The molecule has 0 saturated carbocycles. The van der Waals surface area contributed by atoms with E-state index in [1.54, 1.807) is 29.7 Å². The standard InChI is InChI=1S/C12H8Cl2N2O2S/c1-2-18-11(17)8-5-16-9-6(13)3-4-7(14)10(9)19-12(16)15-8/h3-5H,2H2,1H3. The molecule has 3 aromatic rings. The second kappa shape index (κ2) is 4.67. The Kier molecular flexibility index (Phi) is 3.12. The summed E-state index contributed by atoms with van der Waals surface area (Å²) in [7, 11) is 0. The molecule has 19 heavy (non-hydrogen) atoms. The van der Waals surface area contributed by atoms with E-state index in [-0.39, 0.29) is 5.69 Å². The van der Waals surface area contributed by atoms with Crippen LogP contribution in [-0.2, 0) is 4.74 Å². The fraction of sp³-hybridized carbons (Fsp3) is 0.167. The molecular formula is C12H8Cl2N2O2S. The van der Waals surface area contributed by atoms with Crippen LogP contribution in [0.15, 0.2) is 18.3 Å². The fourth-order valence-corrected chi connectivity index (χ4v) is 3.45. The van der Waals surface area contributed by atoms with Gasteiger partial charge < -0.3 is 4.74 Å². The zero-order chi connectivity index (χ0) is 13.6. The number of aromatic nitrogens is 2. The number of fused-ring (bicyclic) bond motifs is 3. The molecular weight excluding hydrogens is 307 g/mol. The van der Waals surface area contributed by atoms with Gasteiger partial charge in [-0.25, -0.2) is 9.78 Å². The Hall–Kier alpha value is -1.30. The zero-order valence-electron chi connectivity index (χ0n) is 9.81. The van der Waals surface area contributed by atoms with E-state index in [1.165, 1.54) is 11.3 Å². The molecule has 0 fully saturated rings. The molecule has 0 aliphatic rings. The summed E-state index contributed by atoms with van der Waals surface area (Å²) < 4.78 is 7.54. The lowest BCUT2D eigenvalue weighted by Crippen LogP contribution is -2.04. The van der Waals surface area contributed by atoms with Gasteiger partial charge in [0, 0.05) is 6.20 Å². The van der Waals surface area contributed by atoms with E-state index in [0.29, 0.717) is 21.6 Å². The molecule has 98 valence electrons. The second-order valence-corrected chi connectivity index (χ2v) is 5.60. The van der Waals surface area contributed by atoms with Gasteiger partial charge in [-0.3, -0.25) is 4.40 Å². The van der Waals surface area contributed by atoms with Gasteiger partial charge in [0.15, 0.2) is 10.7 Å². The summed E-state index contributed by atoms with van der Waals surface area (Å²) in [5.41, 5.74) is 1.03. The second-order valence-electron chi connectivity index (χ2n) is 3.81. The maximum atomic E-state index is 11.6. The molecule has 0 radical (unpaired) electrons. The Balaban J connectivity index is 2.25. The van der Waals surface area contributed by atoms with Gasteiger partial charge in [-0.05, 0) is 19.1 Å². The topological polar surface area (TPSA) is 43.6 Å². The predicted octanol–water partition coefficient (Wildman–Crippen LogP) is 4.03. The quantitative estimate of drug-likeness (QED) is 0.671. The van der Waals surface area contributed by atoms with Gasteiger partial charge in [0.1, 0.15) is 0 Å². The first-order valence-corrected chi connectivity index (χ1v) is 7.11. The van der Waals surface area contributed by atoms with Gasteiger partial charge in [-0.15, -0.1) is 0 Å². The number of benzene rings is 1.